The molecule has 0 saturated heterocycles. The lowest BCUT2D eigenvalue weighted by Gasteiger charge is -2.00. The van der Waals surface area contributed by atoms with Crippen molar-refractivity contribution in [1.82, 2.24) is 9.55 Å². The van der Waals surface area contributed by atoms with Crippen molar-refractivity contribution in [1.29, 1.82) is 0 Å². The monoisotopic (exact) mass is 183 g/mol. The third kappa shape index (κ3) is 2.05. The molecule has 0 N–H and O–H groups in total. The van der Waals surface area contributed by atoms with E-state index in [0.717, 1.165) is 12.8 Å². The van der Waals surface area contributed by atoms with Gasteiger partial charge in [-0.1, -0.05) is 13.3 Å². The molecule has 0 fully saturated rings. The molecular formula is C8H13N3O2. The maximum absolute atomic E-state index is 10.5. The molecule has 5 nitrogen and oxygen atoms in total. The van der Waals surface area contributed by atoms with Crippen LogP contribution in [0.15, 0.2) is 6.20 Å². The first-order chi connectivity index (χ1) is 6.16. The average Bonchev–Trinajstić information content (AvgIpc) is 2.43. The van der Waals surface area contributed by atoms with E-state index in [0.29, 0.717) is 12.4 Å². The van der Waals surface area contributed by atoms with E-state index in [4.69, 9.17) is 0 Å². The Kier molecular flexibility index (Phi) is 3.00. The second-order valence-corrected chi connectivity index (χ2v) is 2.93. The van der Waals surface area contributed by atoms with Gasteiger partial charge in [-0.25, -0.2) is 9.55 Å². The fourth-order valence-corrected chi connectivity index (χ4v) is 1.19. The zero-order valence-electron chi connectivity index (χ0n) is 7.86. The molecule has 72 valence electrons. The maximum Gasteiger partial charge on any atom is 0.342 e. The molecule has 5 heteroatoms. The van der Waals surface area contributed by atoms with Crippen LogP contribution < -0.4 is 0 Å². The van der Waals surface area contributed by atoms with E-state index in [-0.39, 0.29) is 5.82 Å². The Morgan fingerprint density at radius 1 is 1.69 bits per heavy atom. The van der Waals surface area contributed by atoms with Crippen molar-refractivity contribution in [3.8, 4) is 0 Å². The van der Waals surface area contributed by atoms with Gasteiger partial charge in [0.1, 0.15) is 6.20 Å². The topological polar surface area (TPSA) is 61.0 Å². The summed E-state index contributed by atoms with van der Waals surface area (Å²) in [4.78, 5) is 14.1. The van der Waals surface area contributed by atoms with Crippen LogP contribution in [-0.2, 0) is 6.54 Å². The highest BCUT2D eigenvalue weighted by Gasteiger charge is 2.15. The molecule has 1 rings (SSSR count). The molecule has 0 unspecified atom stereocenters. The van der Waals surface area contributed by atoms with Gasteiger partial charge in [0.25, 0.3) is 0 Å². The smallest absolute Gasteiger partial charge is 0.342 e. The van der Waals surface area contributed by atoms with E-state index in [9.17, 15) is 10.1 Å². The van der Waals surface area contributed by atoms with E-state index in [1.165, 1.54) is 6.20 Å². The van der Waals surface area contributed by atoms with Gasteiger partial charge < -0.3 is 10.1 Å². The fourth-order valence-electron chi connectivity index (χ4n) is 1.19. The van der Waals surface area contributed by atoms with Crippen molar-refractivity contribution in [2.45, 2.75) is 33.2 Å². The number of unbranched alkanes of at least 4 members (excludes halogenated alkanes) is 1. The van der Waals surface area contributed by atoms with Gasteiger partial charge in [0, 0.05) is 6.92 Å². The number of hydrogen-bond acceptors (Lipinski definition) is 3. The Morgan fingerprint density at radius 2 is 2.38 bits per heavy atom. The molecule has 0 amide bonds. The molecule has 0 atom stereocenters. The summed E-state index contributed by atoms with van der Waals surface area (Å²) in [6, 6.07) is 0. The quantitative estimate of drug-likeness (QED) is 0.529. The zero-order chi connectivity index (χ0) is 9.84. The van der Waals surface area contributed by atoms with Crippen molar-refractivity contribution in [2.24, 2.45) is 0 Å². The lowest BCUT2D eigenvalue weighted by molar-refractivity contribution is -0.392. The van der Waals surface area contributed by atoms with Crippen molar-refractivity contribution >= 4 is 5.82 Å². The summed E-state index contributed by atoms with van der Waals surface area (Å²) in [5, 5.41) is 10.5. The molecule has 0 aliphatic heterocycles. The summed E-state index contributed by atoms with van der Waals surface area (Å²) < 4.78 is 1.64. The molecule has 1 aromatic heterocycles. The fraction of sp³-hybridized carbons (Fsp3) is 0.625. The summed E-state index contributed by atoms with van der Waals surface area (Å²) in [5.74, 6) is 0.797. The third-order valence-electron chi connectivity index (χ3n) is 1.96. The normalized spacial score (nSPS) is 10.3. The molecule has 0 aliphatic rings. The number of nitrogens with zero attached hydrogens (tertiary/aromatic N) is 3. The van der Waals surface area contributed by atoms with Gasteiger partial charge in [0.2, 0.25) is 0 Å². The second-order valence-electron chi connectivity index (χ2n) is 2.93. The van der Waals surface area contributed by atoms with Crippen molar-refractivity contribution in [3.05, 3.63) is 22.1 Å². The lowest BCUT2D eigenvalue weighted by Crippen LogP contribution is -2.04. The summed E-state index contributed by atoms with van der Waals surface area (Å²) in [6.45, 7) is 4.51. The minimum Gasteiger partial charge on any atom is -0.358 e. The first kappa shape index (κ1) is 9.70. The van der Waals surface area contributed by atoms with Gasteiger partial charge in [0.15, 0.2) is 5.82 Å². The third-order valence-corrected chi connectivity index (χ3v) is 1.96. The van der Waals surface area contributed by atoms with Crippen LogP contribution >= 0.6 is 0 Å². The number of aromatic nitrogens is 2. The van der Waals surface area contributed by atoms with Crippen LogP contribution in [0.5, 0.6) is 0 Å². The zero-order valence-corrected chi connectivity index (χ0v) is 7.86. The Hall–Kier alpha value is -1.39. The standard InChI is InChI=1S/C8H13N3O2/c1-3-4-5-10-7(2)9-6-8(10)11(12)13/h6H,3-5H2,1-2H3. The van der Waals surface area contributed by atoms with E-state index < -0.39 is 4.92 Å². The molecule has 0 aliphatic carbocycles. The maximum atomic E-state index is 10.5. The molecule has 1 aromatic rings. The average molecular weight is 183 g/mol. The first-order valence-corrected chi connectivity index (χ1v) is 4.33. The van der Waals surface area contributed by atoms with Crippen molar-refractivity contribution in [3.63, 3.8) is 0 Å². The first-order valence-electron chi connectivity index (χ1n) is 4.33. The highest BCUT2D eigenvalue weighted by molar-refractivity contribution is 5.18. The molecular weight excluding hydrogens is 170 g/mol. The lowest BCUT2D eigenvalue weighted by atomic mass is 10.3. The minimum absolute atomic E-state index is 0.0888. The summed E-state index contributed by atoms with van der Waals surface area (Å²) in [5.41, 5.74) is 0. The SMILES string of the molecule is CCCCn1c([N+](=O)[O-])cnc1C. The largest absolute Gasteiger partial charge is 0.358 e. The van der Waals surface area contributed by atoms with Gasteiger partial charge >= 0.3 is 5.82 Å². The number of imidazole rings is 1. The van der Waals surface area contributed by atoms with E-state index in [1.54, 1.807) is 11.5 Å². The van der Waals surface area contributed by atoms with Gasteiger partial charge in [-0.3, -0.25) is 0 Å². The van der Waals surface area contributed by atoms with E-state index >= 15 is 0 Å². The second kappa shape index (κ2) is 4.02. The number of nitro groups is 1. The molecule has 0 bridgehead atoms. The Morgan fingerprint density at radius 3 is 2.92 bits per heavy atom. The summed E-state index contributed by atoms with van der Waals surface area (Å²) in [7, 11) is 0. The predicted octanol–water partition coefficient (Wildman–Crippen LogP) is 1.90. The highest BCUT2D eigenvalue weighted by Crippen LogP contribution is 2.14. The van der Waals surface area contributed by atoms with Crippen LogP contribution in [0.4, 0.5) is 5.82 Å². The highest BCUT2D eigenvalue weighted by atomic mass is 16.6. The molecule has 0 radical (unpaired) electrons. The predicted molar refractivity (Wildman–Crippen MR) is 48.5 cm³/mol. The van der Waals surface area contributed by atoms with Crippen LogP contribution in [0.3, 0.4) is 0 Å². The number of hydrogen-bond donors (Lipinski definition) is 0. The summed E-state index contributed by atoms with van der Waals surface area (Å²) >= 11 is 0. The molecule has 0 saturated carbocycles. The molecule has 0 spiro atoms. The van der Waals surface area contributed by atoms with Gasteiger partial charge in [-0.05, 0) is 11.3 Å². The van der Waals surface area contributed by atoms with Gasteiger partial charge in [-0.15, -0.1) is 0 Å². The van der Waals surface area contributed by atoms with Crippen molar-refractivity contribution in [2.75, 3.05) is 0 Å². The Labute approximate surface area is 76.5 Å². The van der Waals surface area contributed by atoms with Crippen LogP contribution in [-0.4, -0.2) is 14.5 Å². The van der Waals surface area contributed by atoms with Crippen LogP contribution in [0.25, 0.3) is 0 Å². The molecule has 1 heterocycles. The number of rotatable bonds is 4. The van der Waals surface area contributed by atoms with Crippen LogP contribution in [0.1, 0.15) is 25.6 Å². The number of aryl methyl sites for hydroxylation is 1. The van der Waals surface area contributed by atoms with Crippen LogP contribution in [0.2, 0.25) is 0 Å². The van der Waals surface area contributed by atoms with E-state index in [2.05, 4.69) is 11.9 Å². The molecule has 13 heavy (non-hydrogen) atoms. The van der Waals surface area contributed by atoms with Gasteiger partial charge in [0.05, 0.1) is 6.54 Å². The Bertz CT molecular complexity index is 306. The summed E-state index contributed by atoms with van der Waals surface area (Å²) in [6.07, 6.45) is 3.28. The minimum atomic E-state index is -0.393. The molecule has 0 aromatic carbocycles. The van der Waals surface area contributed by atoms with Crippen molar-refractivity contribution < 1.29 is 4.92 Å². The van der Waals surface area contributed by atoms with Crippen LogP contribution in [0, 0.1) is 17.0 Å². The van der Waals surface area contributed by atoms with E-state index in [1.807, 2.05) is 0 Å². The van der Waals surface area contributed by atoms with Gasteiger partial charge in [-0.2, -0.15) is 0 Å². The Balaban J connectivity index is 2.88.